The number of ether oxygens (including phenoxy) is 3. The number of nitrogens with zero attached hydrogens (tertiary/aromatic N) is 1. The maximum Gasteiger partial charge on any atom is 0.312 e. The zero-order chi connectivity index (χ0) is 24.0. The highest BCUT2D eigenvalue weighted by Gasteiger charge is 2.35. The average molecular weight is 464 g/mol. The highest BCUT2D eigenvalue weighted by molar-refractivity contribution is 5.77. The molecule has 0 saturated carbocycles. The Balaban J connectivity index is 1.37. The standard InChI is InChI=1S/C28H30FNO4/c1-28(27(31)32-2,20-22-7-3-4-8-24(22)29)19-21-11-13-23(14-12-21)33-17-15-30-16-18-34-26-10-6-5-9-25(26)30/h3-14H,15-20H2,1-2H3. The van der Waals surface area contributed by atoms with Crippen molar-refractivity contribution in [2.75, 3.05) is 38.3 Å². The second kappa shape index (κ2) is 10.6. The van der Waals surface area contributed by atoms with Crippen LogP contribution < -0.4 is 14.4 Å². The van der Waals surface area contributed by atoms with Gasteiger partial charge in [-0.25, -0.2) is 4.39 Å². The largest absolute Gasteiger partial charge is 0.492 e. The van der Waals surface area contributed by atoms with E-state index in [2.05, 4.69) is 11.0 Å². The van der Waals surface area contributed by atoms with Crippen molar-refractivity contribution in [1.29, 1.82) is 0 Å². The minimum atomic E-state index is -0.886. The summed E-state index contributed by atoms with van der Waals surface area (Å²) in [5, 5.41) is 0. The lowest BCUT2D eigenvalue weighted by Gasteiger charge is -2.31. The maximum atomic E-state index is 14.2. The fourth-order valence-electron chi connectivity index (χ4n) is 4.40. The van der Waals surface area contributed by atoms with E-state index in [1.165, 1.54) is 13.2 Å². The third-order valence-corrected chi connectivity index (χ3v) is 6.19. The second-order valence-corrected chi connectivity index (χ2v) is 8.79. The Hall–Kier alpha value is -3.54. The van der Waals surface area contributed by atoms with Crippen LogP contribution in [0.15, 0.2) is 72.8 Å². The molecule has 0 aliphatic carbocycles. The number of rotatable bonds is 9. The predicted octanol–water partition coefficient (Wildman–Crippen LogP) is 5.07. The fraction of sp³-hybridized carbons (Fsp3) is 0.321. The van der Waals surface area contributed by atoms with Crippen LogP contribution in [0.1, 0.15) is 18.1 Å². The second-order valence-electron chi connectivity index (χ2n) is 8.79. The highest BCUT2D eigenvalue weighted by atomic mass is 19.1. The first-order valence-electron chi connectivity index (χ1n) is 11.5. The van der Waals surface area contributed by atoms with Gasteiger partial charge >= 0.3 is 5.97 Å². The van der Waals surface area contributed by atoms with Gasteiger partial charge in [0.2, 0.25) is 0 Å². The van der Waals surface area contributed by atoms with Gasteiger partial charge in [0.25, 0.3) is 0 Å². The van der Waals surface area contributed by atoms with Crippen molar-refractivity contribution < 1.29 is 23.4 Å². The molecule has 0 aromatic heterocycles. The number of esters is 1. The lowest BCUT2D eigenvalue weighted by Crippen LogP contribution is -2.35. The van der Waals surface area contributed by atoms with Gasteiger partial charge in [-0.15, -0.1) is 0 Å². The molecule has 1 unspecified atom stereocenters. The number of anilines is 1. The molecule has 1 aliphatic heterocycles. The molecule has 1 heterocycles. The summed E-state index contributed by atoms with van der Waals surface area (Å²) in [6.45, 7) is 4.60. The van der Waals surface area contributed by atoms with Gasteiger partial charge in [-0.2, -0.15) is 0 Å². The summed E-state index contributed by atoms with van der Waals surface area (Å²) in [5.41, 5.74) is 1.66. The molecule has 1 aliphatic rings. The number of carbonyl (C=O) groups excluding carboxylic acids is 1. The number of benzene rings is 3. The molecular weight excluding hydrogens is 433 g/mol. The maximum absolute atomic E-state index is 14.2. The van der Waals surface area contributed by atoms with Crippen molar-refractivity contribution >= 4 is 11.7 Å². The van der Waals surface area contributed by atoms with Gasteiger partial charge in [0, 0.05) is 0 Å². The predicted molar refractivity (Wildman–Crippen MR) is 130 cm³/mol. The van der Waals surface area contributed by atoms with Crippen LogP contribution in [0.3, 0.4) is 0 Å². The minimum absolute atomic E-state index is 0.256. The number of hydrogen-bond donors (Lipinski definition) is 0. The molecule has 3 aromatic carbocycles. The summed E-state index contributed by atoms with van der Waals surface area (Å²) in [5.74, 6) is 0.993. The van der Waals surface area contributed by atoms with Crippen LogP contribution in [0.4, 0.5) is 10.1 Å². The molecule has 1 atom stereocenters. The molecule has 3 aromatic rings. The van der Waals surface area contributed by atoms with Crippen molar-refractivity contribution in [1.82, 2.24) is 0 Å². The number of hydrogen-bond acceptors (Lipinski definition) is 5. The number of carbonyl (C=O) groups is 1. The summed E-state index contributed by atoms with van der Waals surface area (Å²) in [4.78, 5) is 14.9. The van der Waals surface area contributed by atoms with Crippen LogP contribution >= 0.6 is 0 Å². The van der Waals surface area contributed by atoms with E-state index in [4.69, 9.17) is 14.2 Å². The summed E-state index contributed by atoms with van der Waals surface area (Å²) in [6, 6.07) is 22.3. The summed E-state index contributed by atoms with van der Waals surface area (Å²) < 4.78 is 31.0. The molecule has 178 valence electrons. The number of methoxy groups -OCH3 is 1. The van der Waals surface area contributed by atoms with Gasteiger partial charge in [-0.1, -0.05) is 42.5 Å². The molecule has 0 fully saturated rings. The van der Waals surface area contributed by atoms with Crippen molar-refractivity contribution in [2.45, 2.75) is 19.8 Å². The van der Waals surface area contributed by atoms with E-state index in [1.807, 2.05) is 49.4 Å². The van der Waals surface area contributed by atoms with E-state index in [-0.39, 0.29) is 18.2 Å². The average Bonchev–Trinajstić information content (AvgIpc) is 2.86. The number of fused-ring (bicyclic) bond motifs is 1. The molecular formula is C28H30FNO4. The van der Waals surface area contributed by atoms with E-state index >= 15 is 0 Å². The molecule has 5 nitrogen and oxygen atoms in total. The van der Waals surface area contributed by atoms with Gasteiger partial charge in [0.15, 0.2) is 0 Å². The van der Waals surface area contributed by atoms with Crippen LogP contribution in [-0.4, -0.2) is 39.4 Å². The Morgan fingerprint density at radius 2 is 1.76 bits per heavy atom. The van der Waals surface area contributed by atoms with Crippen LogP contribution in [0.25, 0.3) is 0 Å². The topological polar surface area (TPSA) is 48.0 Å². The van der Waals surface area contributed by atoms with Crippen LogP contribution in [-0.2, 0) is 22.4 Å². The molecule has 4 rings (SSSR count). The molecule has 0 bridgehead atoms. The Bertz CT molecular complexity index is 1120. The quantitative estimate of drug-likeness (QED) is 0.415. The molecule has 6 heteroatoms. The van der Waals surface area contributed by atoms with Gasteiger partial charge in [-0.05, 0) is 61.2 Å². The van der Waals surface area contributed by atoms with Crippen LogP contribution in [0.5, 0.6) is 11.5 Å². The normalized spacial score (nSPS) is 14.5. The highest BCUT2D eigenvalue weighted by Crippen LogP contribution is 2.32. The Kier molecular flexibility index (Phi) is 7.36. The summed E-state index contributed by atoms with van der Waals surface area (Å²) in [6.07, 6.45) is 0.685. The number of para-hydroxylation sites is 2. The first kappa shape index (κ1) is 23.6. The smallest absolute Gasteiger partial charge is 0.312 e. The van der Waals surface area contributed by atoms with Gasteiger partial charge in [0.1, 0.15) is 30.5 Å². The Morgan fingerprint density at radius 1 is 1.03 bits per heavy atom. The van der Waals surface area contributed by atoms with Crippen LogP contribution in [0, 0.1) is 11.2 Å². The van der Waals surface area contributed by atoms with Crippen molar-refractivity contribution in [3.63, 3.8) is 0 Å². The fourth-order valence-corrected chi connectivity index (χ4v) is 4.40. The van der Waals surface area contributed by atoms with Gasteiger partial charge in [-0.3, -0.25) is 4.79 Å². The Morgan fingerprint density at radius 3 is 2.53 bits per heavy atom. The third-order valence-electron chi connectivity index (χ3n) is 6.19. The van der Waals surface area contributed by atoms with E-state index < -0.39 is 5.41 Å². The van der Waals surface area contributed by atoms with Gasteiger partial charge in [0.05, 0.1) is 31.3 Å². The minimum Gasteiger partial charge on any atom is -0.492 e. The Labute approximate surface area is 200 Å². The summed E-state index contributed by atoms with van der Waals surface area (Å²) >= 11 is 0. The van der Waals surface area contributed by atoms with Crippen LogP contribution in [0.2, 0.25) is 0 Å². The van der Waals surface area contributed by atoms with E-state index in [1.54, 1.807) is 18.2 Å². The third kappa shape index (κ3) is 5.50. The molecule has 0 amide bonds. The first-order chi connectivity index (χ1) is 16.5. The van der Waals surface area contributed by atoms with Crippen molar-refractivity contribution in [2.24, 2.45) is 5.41 Å². The summed E-state index contributed by atoms with van der Waals surface area (Å²) in [7, 11) is 1.37. The van der Waals surface area contributed by atoms with Crippen molar-refractivity contribution in [3.8, 4) is 11.5 Å². The van der Waals surface area contributed by atoms with E-state index in [0.29, 0.717) is 25.2 Å². The molecule has 34 heavy (non-hydrogen) atoms. The molecule has 0 N–H and O–H groups in total. The monoisotopic (exact) mass is 463 g/mol. The van der Waals surface area contributed by atoms with E-state index in [0.717, 1.165) is 35.8 Å². The first-order valence-corrected chi connectivity index (χ1v) is 11.5. The van der Waals surface area contributed by atoms with Crippen molar-refractivity contribution in [3.05, 3.63) is 89.7 Å². The molecule has 0 spiro atoms. The number of halogens is 1. The zero-order valence-electron chi connectivity index (χ0n) is 19.6. The zero-order valence-corrected chi connectivity index (χ0v) is 19.6. The van der Waals surface area contributed by atoms with E-state index in [9.17, 15) is 9.18 Å². The van der Waals surface area contributed by atoms with Gasteiger partial charge < -0.3 is 19.1 Å². The molecule has 0 saturated heterocycles. The SMILES string of the molecule is COC(=O)C(C)(Cc1ccc(OCCN2CCOc3ccccc32)cc1)Cc1ccccc1F. The molecule has 0 radical (unpaired) electrons. The lowest BCUT2D eigenvalue weighted by molar-refractivity contribution is -0.151. The lowest BCUT2D eigenvalue weighted by atomic mass is 9.78.